The molecule has 0 aromatic heterocycles. The SMILES string of the molecule is CN=C(NCC(CO)c1ccccc1)NCC(C)N1CCCC(C)C1. The number of rotatable bonds is 7. The molecule has 1 aliphatic heterocycles. The quantitative estimate of drug-likeness (QED) is 0.522. The van der Waals surface area contributed by atoms with E-state index in [1.54, 1.807) is 7.05 Å². The number of likely N-dealkylation sites (tertiary alicyclic amines) is 1. The van der Waals surface area contributed by atoms with Crippen LogP contribution < -0.4 is 10.6 Å². The van der Waals surface area contributed by atoms with Crippen LogP contribution in [0.15, 0.2) is 35.3 Å². The molecule has 0 bridgehead atoms. The normalized spacial score (nSPS) is 21.6. The van der Waals surface area contributed by atoms with Gasteiger partial charge in [-0.05, 0) is 37.8 Å². The summed E-state index contributed by atoms with van der Waals surface area (Å²) in [4.78, 5) is 6.88. The van der Waals surface area contributed by atoms with Crippen molar-refractivity contribution in [2.45, 2.75) is 38.6 Å². The third kappa shape index (κ3) is 6.33. The van der Waals surface area contributed by atoms with Crippen molar-refractivity contribution in [1.82, 2.24) is 15.5 Å². The maximum Gasteiger partial charge on any atom is 0.191 e. The van der Waals surface area contributed by atoms with Gasteiger partial charge in [0, 0.05) is 38.6 Å². The fourth-order valence-electron chi connectivity index (χ4n) is 3.45. The van der Waals surface area contributed by atoms with Gasteiger partial charge in [-0.2, -0.15) is 0 Å². The summed E-state index contributed by atoms with van der Waals surface area (Å²) >= 11 is 0. The van der Waals surface area contributed by atoms with Gasteiger partial charge in [-0.25, -0.2) is 0 Å². The average Bonchev–Trinajstić information content (AvgIpc) is 2.65. The van der Waals surface area contributed by atoms with Crippen molar-refractivity contribution in [1.29, 1.82) is 0 Å². The monoisotopic (exact) mass is 346 g/mol. The van der Waals surface area contributed by atoms with Crippen molar-refractivity contribution in [2.75, 3.05) is 39.8 Å². The Morgan fingerprint density at radius 1 is 1.28 bits per heavy atom. The van der Waals surface area contributed by atoms with E-state index in [0.29, 0.717) is 12.6 Å². The lowest BCUT2D eigenvalue weighted by atomic mass is 9.99. The number of nitrogens with one attached hydrogen (secondary N) is 2. The minimum Gasteiger partial charge on any atom is -0.396 e. The zero-order valence-corrected chi connectivity index (χ0v) is 15.9. The van der Waals surface area contributed by atoms with E-state index in [1.807, 2.05) is 18.2 Å². The summed E-state index contributed by atoms with van der Waals surface area (Å²) < 4.78 is 0. The number of benzene rings is 1. The van der Waals surface area contributed by atoms with Crippen molar-refractivity contribution in [3.8, 4) is 0 Å². The summed E-state index contributed by atoms with van der Waals surface area (Å²) in [6, 6.07) is 10.6. The molecular formula is C20H34N4O. The second-order valence-corrected chi connectivity index (χ2v) is 7.22. The van der Waals surface area contributed by atoms with Gasteiger partial charge in [0.1, 0.15) is 0 Å². The van der Waals surface area contributed by atoms with Gasteiger partial charge in [0.05, 0.1) is 6.61 Å². The summed E-state index contributed by atoms with van der Waals surface area (Å²) in [7, 11) is 1.79. The molecule has 5 nitrogen and oxygen atoms in total. The van der Waals surface area contributed by atoms with Gasteiger partial charge >= 0.3 is 0 Å². The van der Waals surface area contributed by atoms with E-state index in [9.17, 15) is 5.11 Å². The molecule has 0 radical (unpaired) electrons. The maximum atomic E-state index is 9.67. The van der Waals surface area contributed by atoms with Crippen LogP contribution in [0.4, 0.5) is 0 Å². The van der Waals surface area contributed by atoms with Crippen molar-refractivity contribution >= 4 is 5.96 Å². The molecule has 1 aliphatic rings. The molecule has 140 valence electrons. The molecular weight excluding hydrogens is 312 g/mol. The molecule has 5 heteroatoms. The van der Waals surface area contributed by atoms with Gasteiger partial charge in [0.25, 0.3) is 0 Å². The topological polar surface area (TPSA) is 59.9 Å². The molecule has 0 amide bonds. The van der Waals surface area contributed by atoms with Crippen LogP contribution in [0.25, 0.3) is 0 Å². The Morgan fingerprint density at radius 2 is 2.00 bits per heavy atom. The predicted octanol–water partition coefficient (Wildman–Crippen LogP) is 2.05. The van der Waals surface area contributed by atoms with Gasteiger partial charge in [-0.3, -0.25) is 9.89 Å². The third-order valence-corrected chi connectivity index (χ3v) is 5.11. The van der Waals surface area contributed by atoms with Gasteiger partial charge in [-0.1, -0.05) is 37.3 Å². The first kappa shape index (κ1) is 19.7. The first-order valence-corrected chi connectivity index (χ1v) is 9.48. The van der Waals surface area contributed by atoms with Gasteiger partial charge in [0.2, 0.25) is 0 Å². The van der Waals surface area contributed by atoms with Crippen LogP contribution in [0.1, 0.15) is 38.2 Å². The molecule has 0 spiro atoms. The first-order chi connectivity index (χ1) is 12.1. The van der Waals surface area contributed by atoms with Crippen molar-refractivity contribution < 1.29 is 5.11 Å². The molecule has 0 aliphatic carbocycles. The second kappa shape index (κ2) is 10.4. The number of hydrogen-bond acceptors (Lipinski definition) is 3. The Bertz CT molecular complexity index is 520. The maximum absolute atomic E-state index is 9.67. The number of guanidine groups is 1. The Morgan fingerprint density at radius 3 is 2.64 bits per heavy atom. The molecule has 0 saturated carbocycles. The van der Waals surface area contributed by atoms with Gasteiger partial charge in [-0.15, -0.1) is 0 Å². The Labute approximate surface area is 152 Å². The summed E-state index contributed by atoms with van der Waals surface area (Å²) in [6.45, 7) is 8.66. The van der Waals surface area contributed by atoms with E-state index in [1.165, 1.54) is 25.9 Å². The van der Waals surface area contributed by atoms with Crippen LogP contribution in [0.3, 0.4) is 0 Å². The highest BCUT2D eigenvalue weighted by Crippen LogP contribution is 2.17. The van der Waals surface area contributed by atoms with E-state index < -0.39 is 0 Å². The highest BCUT2D eigenvalue weighted by molar-refractivity contribution is 5.79. The van der Waals surface area contributed by atoms with E-state index in [0.717, 1.165) is 24.0 Å². The minimum absolute atomic E-state index is 0.0696. The zero-order chi connectivity index (χ0) is 18.1. The van der Waals surface area contributed by atoms with E-state index in [4.69, 9.17) is 0 Å². The second-order valence-electron chi connectivity index (χ2n) is 7.22. The van der Waals surface area contributed by atoms with Crippen molar-refractivity contribution in [3.05, 3.63) is 35.9 Å². The fourth-order valence-corrected chi connectivity index (χ4v) is 3.45. The van der Waals surface area contributed by atoms with Crippen LogP contribution in [0.2, 0.25) is 0 Å². The van der Waals surface area contributed by atoms with Crippen LogP contribution in [0.5, 0.6) is 0 Å². The molecule has 1 heterocycles. The molecule has 3 unspecified atom stereocenters. The number of nitrogens with zero attached hydrogens (tertiary/aromatic N) is 2. The van der Waals surface area contributed by atoms with Crippen molar-refractivity contribution in [2.24, 2.45) is 10.9 Å². The summed E-state index contributed by atoms with van der Waals surface area (Å²) in [5.74, 6) is 1.66. The average molecular weight is 347 g/mol. The molecule has 1 fully saturated rings. The lowest BCUT2D eigenvalue weighted by Crippen LogP contribution is -2.49. The largest absolute Gasteiger partial charge is 0.396 e. The van der Waals surface area contributed by atoms with Crippen LogP contribution in [-0.2, 0) is 0 Å². The van der Waals surface area contributed by atoms with Gasteiger partial charge in [0.15, 0.2) is 5.96 Å². The Balaban J connectivity index is 1.78. The van der Waals surface area contributed by atoms with E-state index in [2.05, 4.69) is 46.5 Å². The number of piperidine rings is 1. The molecule has 1 saturated heterocycles. The summed E-state index contributed by atoms with van der Waals surface area (Å²) in [5.41, 5.74) is 1.14. The predicted molar refractivity (Wildman–Crippen MR) is 105 cm³/mol. The summed E-state index contributed by atoms with van der Waals surface area (Å²) in [5, 5.41) is 16.4. The van der Waals surface area contributed by atoms with Gasteiger partial charge < -0.3 is 15.7 Å². The van der Waals surface area contributed by atoms with Crippen LogP contribution >= 0.6 is 0 Å². The molecule has 2 rings (SSSR count). The highest BCUT2D eigenvalue weighted by atomic mass is 16.3. The molecule has 3 atom stereocenters. The number of aliphatic hydroxyl groups is 1. The van der Waals surface area contributed by atoms with Crippen molar-refractivity contribution in [3.63, 3.8) is 0 Å². The smallest absolute Gasteiger partial charge is 0.191 e. The molecule has 1 aromatic carbocycles. The lowest BCUT2D eigenvalue weighted by Gasteiger charge is -2.35. The molecule has 3 N–H and O–H groups in total. The number of hydrogen-bond donors (Lipinski definition) is 3. The van der Waals surface area contributed by atoms with E-state index in [-0.39, 0.29) is 12.5 Å². The highest BCUT2D eigenvalue weighted by Gasteiger charge is 2.21. The third-order valence-electron chi connectivity index (χ3n) is 5.11. The summed E-state index contributed by atoms with van der Waals surface area (Å²) in [6.07, 6.45) is 2.65. The Kier molecular flexibility index (Phi) is 8.22. The van der Waals surface area contributed by atoms with Crippen LogP contribution in [0, 0.1) is 5.92 Å². The first-order valence-electron chi connectivity index (χ1n) is 9.48. The van der Waals surface area contributed by atoms with Crippen LogP contribution in [-0.4, -0.2) is 61.8 Å². The molecule has 1 aromatic rings. The number of aliphatic hydroxyl groups excluding tert-OH is 1. The van der Waals surface area contributed by atoms with E-state index >= 15 is 0 Å². The zero-order valence-electron chi connectivity index (χ0n) is 15.9. The Hall–Kier alpha value is -1.59. The number of aliphatic imine (C=N–C) groups is 1. The molecule has 25 heavy (non-hydrogen) atoms. The fraction of sp³-hybridized carbons (Fsp3) is 0.650. The standard InChI is InChI=1S/C20H34N4O/c1-16-8-7-11-24(14-16)17(2)12-22-20(21-3)23-13-19(15-25)18-9-5-4-6-10-18/h4-6,9-10,16-17,19,25H,7-8,11-15H2,1-3H3,(H2,21,22,23). The lowest BCUT2D eigenvalue weighted by molar-refractivity contribution is 0.139. The minimum atomic E-state index is 0.0696.